The van der Waals surface area contributed by atoms with Gasteiger partial charge in [-0.25, -0.2) is 14.4 Å². The highest BCUT2D eigenvalue weighted by Crippen LogP contribution is 2.67. The van der Waals surface area contributed by atoms with Crippen molar-refractivity contribution in [1.29, 1.82) is 0 Å². The Morgan fingerprint density at radius 2 is 1.36 bits per heavy atom. The fourth-order valence-corrected chi connectivity index (χ4v) is 15.2. The number of hydrogen-bond acceptors (Lipinski definition) is 11. The summed E-state index contributed by atoms with van der Waals surface area (Å²) in [7, 11) is 1.23. The molecule has 4 aliphatic rings. The van der Waals surface area contributed by atoms with E-state index in [4.69, 9.17) is 14.2 Å². The lowest BCUT2D eigenvalue weighted by atomic mass is 9.46. The molecule has 494 valence electrons. The number of nitrogens with one attached hydrogen (secondary N) is 6. The van der Waals surface area contributed by atoms with Gasteiger partial charge in [0.1, 0.15) is 36.4 Å². The van der Waals surface area contributed by atoms with Crippen LogP contribution >= 0.6 is 0 Å². The van der Waals surface area contributed by atoms with Gasteiger partial charge >= 0.3 is 18.2 Å². The number of unbranched alkanes of at least 4 members (excludes halogenated alkanes) is 1. The molecular weight excluding hydrogens is 1130 g/mol. The maximum Gasteiger partial charge on any atom is 0.408 e. The van der Waals surface area contributed by atoms with E-state index in [9.17, 15) is 33.6 Å². The first-order valence-corrected chi connectivity index (χ1v) is 33.4. The van der Waals surface area contributed by atoms with Crippen molar-refractivity contribution in [3.63, 3.8) is 0 Å². The molecule has 2 aromatic rings. The molecule has 18 heteroatoms. The van der Waals surface area contributed by atoms with E-state index in [0.29, 0.717) is 61.2 Å². The zero-order valence-corrected chi connectivity index (χ0v) is 55.9. The first-order chi connectivity index (χ1) is 42.2. The Kier molecular flexibility index (Phi) is 26.6. The Morgan fingerprint density at radius 3 is 2.00 bits per heavy atom. The van der Waals surface area contributed by atoms with Gasteiger partial charge < -0.3 is 51.0 Å². The minimum atomic E-state index is -1.13. The van der Waals surface area contributed by atoms with Crippen LogP contribution in [0.1, 0.15) is 191 Å². The molecule has 0 aromatic heterocycles. The number of esters is 1. The van der Waals surface area contributed by atoms with Gasteiger partial charge in [-0.15, -0.1) is 0 Å². The van der Waals surface area contributed by atoms with Crippen LogP contribution in [0, 0.1) is 58.2 Å². The number of alkyl carbamates (subject to hydrolysis) is 2. The second-order valence-corrected chi connectivity index (χ2v) is 28.5. The maximum absolute atomic E-state index is 15.7. The van der Waals surface area contributed by atoms with Gasteiger partial charge in [0, 0.05) is 19.0 Å². The zero-order valence-electron chi connectivity index (χ0n) is 55.9. The number of benzene rings is 2. The Labute approximate surface area is 531 Å². The van der Waals surface area contributed by atoms with Crippen LogP contribution in [-0.4, -0.2) is 115 Å². The van der Waals surface area contributed by atoms with Crippen LogP contribution in [-0.2, 0) is 56.0 Å². The molecule has 0 aliphatic heterocycles. The first kappa shape index (κ1) is 71.6. The van der Waals surface area contributed by atoms with E-state index in [-0.39, 0.29) is 31.4 Å². The van der Waals surface area contributed by atoms with Crippen molar-refractivity contribution in [3.05, 3.63) is 83.4 Å². The van der Waals surface area contributed by atoms with Gasteiger partial charge in [0.25, 0.3) is 0 Å². The largest absolute Gasteiger partial charge is 0.467 e. The Morgan fingerprint density at radius 1 is 0.685 bits per heavy atom. The topological polar surface area (TPSA) is 240 Å². The van der Waals surface area contributed by atoms with Crippen molar-refractivity contribution < 1.29 is 52.6 Å². The molecule has 4 aliphatic carbocycles. The molecule has 13 atom stereocenters. The van der Waals surface area contributed by atoms with E-state index in [1.807, 2.05) is 74.5 Å². The lowest BCUT2D eigenvalue weighted by molar-refractivity contribution is -0.145. The summed E-state index contributed by atoms with van der Waals surface area (Å²) in [6, 6.07) is 13.7. The van der Waals surface area contributed by atoms with Crippen molar-refractivity contribution >= 4 is 47.7 Å². The van der Waals surface area contributed by atoms with E-state index in [0.717, 1.165) is 42.2 Å². The van der Waals surface area contributed by atoms with Crippen LogP contribution in [0.4, 0.5) is 9.59 Å². The third-order valence-corrected chi connectivity index (χ3v) is 20.3. The van der Waals surface area contributed by atoms with Gasteiger partial charge in [-0.3, -0.25) is 24.0 Å². The molecule has 3 saturated carbocycles. The summed E-state index contributed by atoms with van der Waals surface area (Å²) in [6.07, 6.45) is 14.6. The van der Waals surface area contributed by atoms with Crippen LogP contribution in [0.25, 0.3) is 0 Å². The quantitative estimate of drug-likeness (QED) is 0.0186. The van der Waals surface area contributed by atoms with Crippen molar-refractivity contribution in [3.8, 4) is 0 Å². The van der Waals surface area contributed by atoms with Crippen molar-refractivity contribution in [1.82, 2.24) is 36.8 Å². The average Bonchev–Trinajstić information content (AvgIpc) is 1.77. The number of nitrogens with zero attached hydrogens (tertiary/aromatic N) is 1. The zero-order chi connectivity index (χ0) is 65.2. The predicted octanol–water partition coefficient (Wildman–Crippen LogP) is 10.9. The number of carbonyl (C=O) groups is 8. The number of carbonyl (C=O) groups excluding carboxylic acids is 8. The number of amides is 7. The second kappa shape index (κ2) is 33.0. The van der Waals surface area contributed by atoms with Crippen LogP contribution in [0.3, 0.4) is 0 Å². The standard InChI is InChI=1S/C71H109N7O11/c1-14-47(6)62(77-64(82)61(46(4)5)76-63(81)58(40-49-26-17-15-18-27-49)75-68(86)89-69(8,9)10)65(83)78(43-60(80)73-42-59(79)74-57(66(84)87-13)30-21-22-39-72-67(85)88-44-50-28-19-16-20-29-50)52-35-37-70(11)51(41-52)31-32-53-55-34-33-54(48(7)25-23-24-45(2)3)71(55,12)38-36-56(53)70/h15-20,26-29,31,45-48,52-58,61-62H,14,21-25,30,32-44H2,1-13H3,(H,72,85)(H,73,80)(H,74,79)(H,75,86)(H,76,81)(H,77,82)/t47-,48+,52-,53-,54+,55-,56-,57-,58-,61-,62-,70-,71+/m0/s1. The van der Waals surface area contributed by atoms with E-state index in [1.165, 1.54) is 51.2 Å². The third-order valence-electron chi connectivity index (χ3n) is 20.3. The van der Waals surface area contributed by atoms with Crippen molar-refractivity contribution in [2.45, 2.75) is 228 Å². The summed E-state index contributed by atoms with van der Waals surface area (Å²) in [5.41, 5.74) is 2.34. The Bertz CT molecular complexity index is 2720. The predicted molar refractivity (Wildman–Crippen MR) is 345 cm³/mol. The summed E-state index contributed by atoms with van der Waals surface area (Å²) < 4.78 is 15.8. The molecule has 0 bridgehead atoms. The molecule has 0 spiro atoms. The normalized spacial score (nSPS) is 24.1. The summed E-state index contributed by atoms with van der Waals surface area (Å²) in [5.74, 6) is -0.529. The number of methoxy groups -OCH3 is 1. The van der Waals surface area contributed by atoms with Crippen LogP contribution in [0.2, 0.25) is 0 Å². The SMILES string of the molecule is CC[C@H](C)[C@H](NC(=O)[C@@H](NC(=O)[C@H](Cc1ccccc1)NC(=O)OC(C)(C)C)C(C)C)C(=O)N(CC(=O)NCC(=O)N[C@@H](CCCCNC(=O)OCc1ccccc1)C(=O)OC)[C@H]1CC[C@@]2(C)C(=CC[C@H]3[C@@H]4CC[C@H]([C@H](C)CCCC(C)C)[C@@]4(C)CC[C@@H]32)C1. The molecular formula is C71H109N7O11. The minimum absolute atomic E-state index is 0.0818. The van der Waals surface area contributed by atoms with Gasteiger partial charge in [-0.2, -0.15) is 0 Å². The summed E-state index contributed by atoms with van der Waals surface area (Å²) in [5, 5.41) is 16.8. The van der Waals surface area contributed by atoms with Crippen molar-refractivity contribution in [2.24, 2.45) is 58.2 Å². The molecule has 7 amide bonds. The second-order valence-electron chi connectivity index (χ2n) is 28.5. The fourth-order valence-electron chi connectivity index (χ4n) is 15.2. The van der Waals surface area contributed by atoms with Gasteiger partial charge in [-0.05, 0) is 161 Å². The number of hydrogen-bond donors (Lipinski definition) is 6. The fraction of sp³-hybridized carbons (Fsp3) is 0.690. The third kappa shape index (κ3) is 20.0. The number of ether oxygens (including phenoxy) is 3. The molecule has 3 fully saturated rings. The molecule has 18 nitrogen and oxygen atoms in total. The first-order valence-electron chi connectivity index (χ1n) is 33.4. The Hall–Kier alpha value is -6.46. The molecule has 0 saturated heterocycles. The minimum Gasteiger partial charge on any atom is -0.467 e. The smallest absolute Gasteiger partial charge is 0.408 e. The number of rotatable bonds is 30. The molecule has 2 aromatic carbocycles. The van der Waals surface area contributed by atoms with E-state index in [1.54, 1.807) is 39.5 Å². The highest BCUT2D eigenvalue weighted by molar-refractivity contribution is 5.96. The number of allylic oxidation sites excluding steroid dienone is 1. The summed E-state index contributed by atoms with van der Waals surface area (Å²) in [4.78, 5) is 113. The summed E-state index contributed by atoms with van der Waals surface area (Å²) >= 11 is 0. The summed E-state index contributed by atoms with van der Waals surface area (Å²) in [6.45, 7) is 24.3. The average molecular weight is 1240 g/mol. The van der Waals surface area contributed by atoms with Crippen LogP contribution < -0.4 is 31.9 Å². The van der Waals surface area contributed by atoms with E-state index in [2.05, 4.69) is 72.6 Å². The molecule has 0 heterocycles. The van der Waals surface area contributed by atoms with Gasteiger partial charge in [0.05, 0.1) is 20.2 Å². The lowest BCUT2D eigenvalue weighted by Gasteiger charge is -2.59. The molecule has 0 unspecified atom stereocenters. The van der Waals surface area contributed by atoms with Crippen molar-refractivity contribution in [2.75, 3.05) is 26.7 Å². The van der Waals surface area contributed by atoms with Crippen LogP contribution in [0.15, 0.2) is 72.3 Å². The van der Waals surface area contributed by atoms with Gasteiger partial charge in [0.15, 0.2) is 0 Å². The van der Waals surface area contributed by atoms with E-state index >= 15 is 4.79 Å². The van der Waals surface area contributed by atoms with E-state index < -0.39 is 108 Å². The lowest BCUT2D eigenvalue weighted by Crippen LogP contribution is -2.62. The van der Waals surface area contributed by atoms with Gasteiger partial charge in [-0.1, -0.05) is 160 Å². The molecule has 6 N–H and O–H groups in total. The highest BCUT2D eigenvalue weighted by atomic mass is 16.6. The molecule has 6 rings (SSSR count). The Balaban J connectivity index is 1.19. The van der Waals surface area contributed by atoms with Gasteiger partial charge in [0.2, 0.25) is 29.5 Å². The highest BCUT2D eigenvalue weighted by Gasteiger charge is 2.59. The molecule has 0 radical (unpaired) electrons. The number of fused-ring (bicyclic) bond motifs is 5. The maximum atomic E-state index is 15.7. The molecule has 89 heavy (non-hydrogen) atoms. The van der Waals surface area contributed by atoms with Crippen LogP contribution in [0.5, 0.6) is 0 Å². The monoisotopic (exact) mass is 1240 g/mol.